The fourth-order valence-electron chi connectivity index (χ4n) is 1.89. The number of hydrogen-bond donors (Lipinski definition) is 1. The van der Waals surface area contributed by atoms with Gasteiger partial charge < -0.3 is 5.32 Å². The van der Waals surface area contributed by atoms with Gasteiger partial charge in [-0.15, -0.1) is 11.3 Å². The summed E-state index contributed by atoms with van der Waals surface area (Å²) in [6, 6.07) is 11.0. The highest BCUT2D eigenvalue weighted by atomic mass is 35.5. The van der Waals surface area contributed by atoms with E-state index in [4.69, 9.17) is 23.2 Å². The number of nitrogens with one attached hydrogen (secondary N) is 1. The average Bonchev–Trinajstić information content (AvgIpc) is 2.77. The Hall–Kier alpha value is -1.62. The molecule has 0 saturated carbocycles. The number of nitrogens with zero attached hydrogens (tertiary/aromatic N) is 1. The van der Waals surface area contributed by atoms with Gasteiger partial charge in [-0.2, -0.15) is 0 Å². The number of halogens is 2. The van der Waals surface area contributed by atoms with E-state index in [0.717, 1.165) is 10.1 Å². The minimum absolute atomic E-state index is 0.247. The molecule has 0 saturated heterocycles. The van der Waals surface area contributed by atoms with Crippen LogP contribution in [0.4, 0.5) is 5.69 Å². The molecular formula is C14H8Cl2N2OS. The maximum atomic E-state index is 12.4. The van der Waals surface area contributed by atoms with E-state index in [1.54, 1.807) is 18.3 Å². The Labute approximate surface area is 129 Å². The van der Waals surface area contributed by atoms with Crippen LogP contribution >= 0.6 is 34.5 Å². The first kappa shape index (κ1) is 13.4. The second kappa shape index (κ2) is 5.40. The van der Waals surface area contributed by atoms with Crippen LogP contribution in [0.1, 0.15) is 10.4 Å². The topological polar surface area (TPSA) is 42.0 Å². The number of thiophene rings is 1. The summed E-state index contributed by atoms with van der Waals surface area (Å²) in [7, 11) is 0. The molecule has 0 bridgehead atoms. The van der Waals surface area contributed by atoms with Crippen molar-refractivity contribution in [3.63, 3.8) is 0 Å². The van der Waals surface area contributed by atoms with Crippen LogP contribution in [-0.4, -0.2) is 10.9 Å². The van der Waals surface area contributed by atoms with Crippen molar-refractivity contribution in [3.05, 3.63) is 57.6 Å². The molecule has 0 aliphatic carbocycles. The van der Waals surface area contributed by atoms with Crippen LogP contribution in [0, 0.1) is 0 Å². The highest BCUT2D eigenvalue weighted by molar-refractivity contribution is 7.23. The third-order valence-corrected chi connectivity index (χ3v) is 4.47. The minimum atomic E-state index is -0.289. The van der Waals surface area contributed by atoms with Crippen molar-refractivity contribution in [1.82, 2.24) is 4.98 Å². The second-order valence-electron chi connectivity index (χ2n) is 4.04. The summed E-state index contributed by atoms with van der Waals surface area (Å²) in [5.41, 5.74) is 0.928. The van der Waals surface area contributed by atoms with E-state index < -0.39 is 0 Å². The molecule has 20 heavy (non-hydrogen) atoms. The van der Waals surface area contributed by atoms with Crippen molar-refractivity contribution >= 4 is 56.2 Å². The fourth-order valence-corrected chi connectivity index (χ4v) is 3.42. The molecule has 0 unspecified atom stereocenters. The van der Waals surface area contributed by atoms with Gasteiger partial charge in [-0.3, -0.25) is 4.79 Å². The first-order chi connectivity index (χ1) is 9.66. The molecule has 0 atom stereocenters. The quantitative estimate of drug-likeness (QED) is 0.685. The van der Waals surface area contributed by atoms with Crippen molar-refractivity contribution in [2.24, 2.45) is 0 Å². The molecular weight excluding hydrogens is 315 g/mol. The molecule has 100 valence electrons. The summed E-state index contributed by atoms with van der Waals surface area (Å²) in [6.07, 6.45) is 1.56. The lowest BCUT2D eigenvalue weighted by Gasteiger charge is -2.06. The Bertz CT molecular complexity index is 801. The highest BCUT2D eigenvalue weighted by Crippen LogP contribution is 2.35. The first-order valence-corrected chi connectivity index (χ1v) is 7.33. The Balaban J connectivity index is 2.01. The zero-order chi connectivity index (χ0) is 14.1. The zero-order valence-electron chi connectivity index (χ0n) is 10.1. The summed E-state index contributed by atoms with van der Waals surface area (Å²) >= 11 is 13.5. The van der Waals surface area contributed by atoms with Crippen LogP contribution in [-0.2, 0) is 0 Å². The van der Waals surface area contributed by atoms with Gasteiger partial charge in [0.15, 0.2) is 5.15 Å². The smallest absolute Gasteiger partial charge is 0.258 e. The van der Waals surface area contributed by atoms with Gasteiger partial charge in [-0.05, 0) is 18.2 Å². The molecule has 0 aliphatic rings. The van der Waals surface area contributed by atoms with Gasteiger partial charge in [-0.25, -0.2) is 4.98 Å². The monoisotopic (exact) mass is 322 g/mol. The standard InChI is InChI=1S/C14H8Cl2N2OS/c15-12-9(5-3-7-17-12)18-14(19)11-8-4-1-2-6-10(8)20-13(11)16/h1-7H,(H,18,19). The summed E-state index contributed by atoms with van der Waals surface area (Å²) in [5.74, 6) is -0.289. The van der Waals surface area contributed by atoms with Crippen LogP contribution in [0.2, 0.25) is 9.49 Å². The Kier molecular flexibility index (Phi) is 3.61. The predicted molar refractivity (Wildman–Crippen MR) is 84.0 cm³/mol. The van der Waals surface area contributed by atoms with Gasteiger partial charge in [0.05, 0.1) is 11.3 Å². The molecule has 0 aliphatic heterocycles. The molecule has 0 radical (unpaired) electrons. The molecule has 0 fully saturated rings. The second-order valence-corrected chi connectivity index (χ2v) is 6.06. The lowest BCUT2D eigenvalue weighted by molar-refractivity contribution is 0.102. The molecule has 1 aromatic carbocycles. The van der Waals surface area contributed by atoms with E-state index in [0.29, 0.717) is 15.6 Å². The van der Waals surface area contributed by atoms with Crippen molar-refractivity contribution in [1.29, 1.82) is 0 Å². The highest BCUT2D eigenvalue weighted by Gasteiger charge is 2.18. The summed E-state index contributed by atoms with van der Waals surface area (Å²) in [4.78, 5) is 16.3. The molecule has 1 N–H and O–H groups in total. The summed E-state index contributed by atoms with van der Waals surface area (Å²) < 4.78 is 1.43. The molecule has 1 amide bonds. The first-order valence-electron chi connectivity index (χ1n) is 5.75. The van der Waals surface area contributed by atoms with Gasteiger partial charge >= 0.3 is 0 Å². The molecule has 3 aromatic rings. The molecule has 2 heterocycles. The molecule has 3 nitrogen and oxygen atoms in total. The van der Waals surface area contributed by atoms with E-state index in [2.05, 4.69) is 10.3 Å². The van der Waals surface area contributed by atoms with Crippen molar-refractivity contribution < 1.29 is 4.79 Å². The number of benzene rings is 1. The Morgan fingerprint density at radius 3 is 2.75 bits per heavy atom. The number of aromatic nitrogens is 1. The van der Waals surface area contributed by atoms with Gasteiger partial charge in [0.1, 0.15) is 4.34 Å². The summed E-state index contributed by atoms with van der Waals surface area (Å²) in [5, 5.41) is 3.81. The van der Waals surface area contributed by atoms with Crippen molar-refractivity contribution in [2.45, 2.75) is 0 Å². The number of amides is 1. The zero-order valence-corrected chi connectivity index (χ0v) is 12.4. The van der Waals surface area contributed by atoms with Gasteiger partial charge in [0.2, 0.25) is 0 Å². The third-order valence-electron chi connectivity index (χ3n) is 2.79. The predicted octanol–water partition coefficient (Wildman–Crippen LogP) is 4.86. The van der Waals surface area contributed by atoms with Gasteiger partial charge in [0, 0.05) is 16.3 Å². The van der Waals surface area contributed by atoms with E-state index in [1.807, 2.05) is 24.3 Å². The summed E-state index contributed by atoms with van der Waals surface area (Å²) in [6.45, 7) is 0. The van der Waals surface area contributed by atoms with E-state index in [1.165, 1.54) is 11.3 Å². The van der Waals surface area contributed by atoms with Crippen LogP contribution in [0.25, 0.3) is 10.1 Å². The largest absolute Gasteiger partial charge is 0.319 e. The Morgan fingerprint density at radius 2 is 1.95 bits per heavy atom. The van der Waals surface area contributed by atoms with Gasteiger partial charge in [0.25, 0.3) is 5.91 Å². The normalized spacial score (nSPS) is 10.7. The number of carbonyl (C=O) groups is 1. The van der Waals surface area contributed by atoms with E-state index in [9.17, 15) is 4.79 Å². The number of rotatable bonds is 2. The molecule has 2 aromatic heterocycles. The lowest BCUT2D eigenvalue weighted by Crippen LogP contribution is -2.12. The molecule has 0 spiro atoms. The lowest BCUT2D eigenvalue weighted by atomic mass is 10.1. The van der Waals surface area contributed by atoms with Crippen LogP contribution in [0.15, 0.2) is 42.6 Å². The molecule has 6 heteroatoms. The number of pyridine rings is 1. The number of carbonyl (C=O) groups excluding carboxylic acids is 1. The van der Waals surface area contributed by atoms with Crippen LogP contribution in [0.5, 0.6) is 0 Å². The average molecular weight is 323 g/mol. The number of anilines is 1. The molecule has 3 rings (SSSR count). The maximum absolute atomic E-state index is 12.4. The maximum Gasteiger partial charge on any atom is 0.258 e. The van der Waals surface area contributed by atoms with Crippen LogP contribution in [0.3, 0.4) is 0 Å². The number of hydrogen-bond acceptors (Lipinski definition) is 3. The van der Waals surface area contributed by atoms with Gasteiger partial charge in [-0.1, -0.05) is 41.4 Å². The Morgan fingerprint density at radius 1 is 1.15 bits per heavy atom. The van der Waals surface area contributed by atoms with Crippen molar-refractivity contribution in [3.8, 4) is 0 Å². The van der Waals surface area contributed by atoms with Crippen LogP contribution < -0.4 is 5.32 Å². The van der Waals surface area contributed by atoms with E-state index in [-0.39, 0.29) is 11.1 Å². The van der Waals surface area contributed by atoms with E-state index >= 15 is 0 Å². The SMILES string of the molecule is O=C(Nc1cccnc1Cl)c1c(Cl)sc2ccccc12. The minimum Gasteiger partial charge on any atom is -0.319 e. The number of fused-ring (bicyclic) bond motifs is 1. The van der Waals surface area contributed by atoms with Crippen molar-refractivity contribution in [2.75, 3.05) is 5.32 Å². The fraction of sp³-hybridized carbons (Fsp3) is 0. The third kappa shape index (κ3) is 2.38.